The van der Waals surface area contributed by atoms with Crippen LogP contribution in [-0.2, 0) is 30.7 Å². The molecule has 0 bridgehead atoms. The molecule has 0 aromatic heterocycles. The van der Waals surface area contributed by atoms with E-state index in [1.807, 2.05) is 44.2 Å². The highest BCUT2D eigenvalue weighted by atomic mass is 35.5. The number of urea groups is 1. The first kappa shape index (κ1) is 58.4. The van der Waals surface area contributed by atoms with Gasteiger partial charge in [-0.3, -0.25) is 4.79 Å². The van der Waals surface area contributed by atoms with E-state index in [0.29, 0.717) is 49.2 Å². The molecule has 5 N–H and O–H groups in total. The highest BCUT2D eigenvalue weighted by Gasteiger charge is 2.44. The van der Waals surface area contributed by atoms with Gasteiger partial charge in [0.15, 0.2) is 17.8 Å². The lowest BCUT2D eigenvalue weighted by molar-refractivity contribution is -0.0907. The molecule has 2 aromatic carbocycles. The van der Waals surface area contributed by atoms with Crippen LogP contribution in [0, 0.1) is 22.7 Å². The van der Waals surface area contributed by atoms with Gasteiger partial charge in [-0.2, -0.15) is 4.31 Å². The number of nitrogens with two attached hydrogens (primary N) is 1. The molecule has 5 atom stereocenters. The Balaban J connectivity index is 0.000000462. The summed E-state index contributed by atoms with van der Waals surface area (Å²) in [6, 6.07) is 13.1. The number of rotatable bonds is 21. The molecule has 19 heteroatoms. The zero-order valence-electron chi connectivity index (χ0n) is 42.1. The van der Waals surface area contributed by atoms with Crippen molar-refractivity contribution < 1.29 is 51.6 Å². The lowest BCUT2D eigenvalue weighted by atomic mass is 9.77. The molecule has 4 unspecified atom stereocenters. The number of amides is 4. The molecule has 3 aliphatic heterocycles. The number of unbranched alkanes of at least 4 members (excludes halogenated alkanes) is 2. The fourth-order valence-electron chi connectivity index (χ4n) is 7.59. The lowest BCUT2D eigenvalue weighted by Gasteiger charge is -2.35. The third kappa shape index (κ3) is 19.5. The van der Waals surface area contributed by atoms with Gasteiger partial charge in [0.1, 0.15) is 19.3 Å². The molecule has 0 radical (unpaired) electrons. The molecule has 2 saturated heterocycles. The van der Waals surface area contributed by atoms with Gasteiger partial charge in [0.05, 0.1) is 36.2 Å². The summed E-state index contributed by atoms with van der Waals surface area (Å²) in [6.45, 7) is 15.9. The van der Waals surface area contributed by atoms with Gasteiger partial charge in [0.2, 0.25) is 10.0 Å². The molecule has 0 saturated carbocycles. The van der Waals surface area contributed by atoms with Crippen molar-refractivity contribution in [1.82, 2.24) is 24.7 Å². The maximum atomic E-state index is 14.3. The largest absolute Gasteiger partial charge is 0.486 e. The summed E-state index contributed by atoms with van der Waals surface area (Å²) in [5.41, 5.74) is 6.56. The van der Waals surface area contributed by atoms with Gasteiger partial charge >= 0.3 is 17.5 Å². The number of nitrogens with zero attached hydrogens (tertiary/aromatic N) is 3. The van der Waals surface area contributed by atoms with Crippen molar-refractivity contribution in [1.29, 1.82) is 0 Å². The summed E-state index contributed by atoms with van der Waals surface area (Å²) in [5, 5.41) is 17.0. The van der Waals surface area contributed by atoms with Gasteiger partial charge in [-0.05, 0) is 91.1 Å². The van der Waals surface area contributed by atoms with E-state index >= 15 is 0 Å². The normalized spacial score (nSPS) is 18.5. The van der Waals surface area contributed by atoms with E-state index in [9.17, 15) is 27.9 Å². The first-order valence-electron chi connectivity index (χ1n) is 23.8. The Morgan fingerprint density at radius 1 is 0.897 bits per heavy atom. The van der Waals surface area contributed by atoms with Crippen LogP contribution in [0.5, 0.6) is 11.5 Å². The molecule has 17 nitrogen and oxygen atoms in total. The molecule has 68 heavy (non-hydrogen) atoms. The molecule has 2 fully saturated rings. The second-order valence-corrected chi connectivity index (χ2v) is 22.1. The number of hydrogen-bond acceptors (Lipinski definition) is 12. The third-order valence-electron chi connectivity index (χ3n) is 12.6. The smallest absolute Gasteiger partial charge is 0.407 e. The molecule has 5 rings (SSSR count). The summed E-state index contributed by atoms with van der Waals surface area (Å²) >= 11 is 4.90. The van der Waals surface area contributed by atoms with E-state index in [0.717, 1.165) is 44.2 Å². The summed E-state index contributed by atoms with van der Waals surface area (Å²) in [6.07, 6.45) is 4.03. The van der Waals surface area contributed by atoms with E-state index in [-0.39, 0.29) is 49.3 Å². The quantitative estimate of drug-likeness (QED) is 0.0562. The maximum Gasteiger partial charge on any atom is 0.407 e. The summed E-state index contributed by atoms with van der Waals surface area (Å²) < 4.78 is 58.0. The topological polar surface area (TPSA) is 212 Å². The van der Waals surface area contributed by atoms with Crippen LogP contribution in [0.4, 0.5) is 14.4 Å². The number of fused-ring (bicyclic) bond motifs is 2. The predicted molar refractivity (Wildman–Crippen MR) is 265 cm³/mol. The Labute approximate surface area is 411 Å². The van der Waals surface area contributed by atoms with Crippen molar-refractivity contribution in [2.24, 2.45) is 28.4 Å². The maximum absolute atomic E-state index is 14.3. The molecular weight excluding hydrogens is 916 g/mol. The number of nitrogens with one attached hydrogen (secondary N) is 2. The van der Waals surface area contributed by atoms with E-state index in [1.54, 1.807) is 39.2 Å². The molecule has 3 aliphatic rings. The van der Waals surface area contributed by atoms with Gasteiger partial charge in [0.25, 0.3) is 0 Å². The average Bonchev–Trinajstić information content (AvgIpc) is 3.91. The minimum absolute atomic E-state index is 0.00289. The van der Waals surface area contributed by atoms with Crippen molar-refractivity contribution >= 4 is 39.1 Å². The molecular formula is C49H81ClN6O11S. The van der Waals surface area contributed by atoms with Crippen molar-refractivity contribution in [3.05, 3.63) is 54.1 Å². The van der Waals surface area contributed by atoms with Gasteiger partial charge in [-0.15, -0.1) is 0 Å². The standard InChI is InChI=1S/C33H47N3O9S.C13H28N2O.C3H6ClNO/c1-33(2,13-6-7-14-34)22-36(46(39,40)24-10-11-28-29(19-24)42-17-16-41-28)20-27(37)26(18-23-8-4-3-5-9-23)35-32(38)45-30-21-44-31-25(30)12-15-43-31;1-11(2)13(3,4)9-7-8-10-14-12(16)15(5)6;1-5(2)3(4)6/h3-5,8-11,19,25-27,30-31,37H,6-7,12-18,20-22,34H2,1-2H3,(H,35,38);11H,7-10H2,1-6H3,(H,14,16);1-2H3/t25?,26-,27?,30?,31?;;/m0../s1. The predicted octanol–water partition coefficient (Wildman–Crippen LogP) is 7.08. The number of sulfonamides is 1. The number of benzene rings is 2. The molecule has 2 aromatic rings. The first-order valence-corrected chi connectivity index (χ1v) is 25.6. The molecule has 0 aliphatic carbocycles. The lowest BCUT2D eigenvalue weighted by Crippen LogP contribution is -2.52. The zero-order valence-corrected chi connectivity index (χ0v) is 43.7. The number of carbonyl (C=O) groups is 3. The Morgan fingerprint density at radius 3 is 2.16 bits per heavy atom. The summed E-state index contributed by atoms with van der Waals surface area (Å²) in [4.78, 5) is 37.2. The number of halogens is 1. The number of hydrogen-bond donors (Lipinski definition) is 4. The van der Waals surface area contributed by atoms with Crippen molar-refractivity contribution in [2.45, 2.75) is 122 Å². The van der Waals surface area contributed by atoms with Gasteiger partial charge in [0, 0.05) is 53.9 Å². The van der Waals surface area contributed by atoms with Crippen LogP contribution >= 0.6 is 11.6 Å². The van der Waals surface area contributed by atoms with Crippen molar-refractivity contribution in [3.63, 3.8) is 0 Å². The Morgan fingerprint density at radius 2 is 1.54 bits per heavy atom. The number of alkyl carbamates (subject to hydrolysis) is 1. The highest BCUT2D eigenvalue weighted by molar-refractivity contribution is 7.89. The first-order chi connectivity index (χ1) is 32.0. The second kappa shape index (κ2) is 28.1. The monoisotopic (exact) mass is 997 g/mol. The van der Waals surface area contributed by atoms with Crippen molar-refractivity contribution in [2.75, 3.05) is 80.8 Å². The molecule has 4 amide bonds. The van der Waals surface area contributed by atoms with Crippen LogP contribution in [0.25, 0.3) is 0 Å². The van der Waals surface area contributed by atoms with Gasteiger partial charge < -0.3 is 55.0 Å². The fourth-order valence-corrected chi connectivity index (χ4v) is 9.25. The fraction of sp³-hybridized carbons (Fsp3) is 0.694. The summed E-state index contributed by atoms with van der Waals surface area (Å²) in [7, 11) is 2.59. The number of ether oxygens (including phenoxy) is 5. The highest BCUT2D eigenvalue weighted by Crippen LogP contribution is 2.36. The average molecular weight is 998 g/mol. The third-order valence-corrected chi connectivity index (χ3v) is 14.8. The Bertz CT molecular complexity index is 1960. The van der Waals surface area contributed by atoms with Crippen LogP contribution in [0.3, 0.4) is 0 Å². The van der Waals surface area contributed by atoms with E-state index in [4.69, 9.17) is 41.0 Å². The molecule has 0 spiro atoms. The zero-order chi connectivity index (χ0) is 50.7. The number of aliphatic hydroxyl groups is 1. The SMILES string of the molecule is CC(C)(CCCCN)CN(CC(O)[C@H](Cc1ccccc1)NC(=O)OC1COC2OCCC12)S(=O)(=O)c1ccc2c(c1)OCCO2.CC(C)C(C)(C)CCCCNC(=O)N(C)C.CN(C)C(=O)Cl. The van der Waals surface area contributed by atoms with E-state index in [2.05, 4.69) is 38.3 Å². The van der Waals surface area contributed by atoms with E-state index in [1.165, 1.54) is 34.2 Å². The second-order valence-electron chi connectivity index (χ2n) is 19.9. The summed E-state index contributed by atoms with van der Waals surface area (Å²) in [5.74, 6) is 1.50. The van der Waals surface area contributed by atoms with Crippen LogP contribution in [0.1, 0.15) is 92.1 Å². The van der Waals surface area contributed by atoms with Crippen LogP contribution < -0.4 is 25.8 Å². The van der Waals surface area contributed by atoms with Gasteiger partial charge in [-0.25, -0.2) is 18.0 Å². The molecule has 3 heterocycles. The van der Waals surface area contributed by atoms with Crippen molar-refractivity contribution in [3.8, 4) is 11.5 Å². The van der Waals surface area contributed by atoms with Crippen LogP contribution in [0.2, 0.25) is 0 Å². The van der Waals surface area contributed by atoms with E-state index < -0.39 is 45.1 Å². The Kier molecular flexibility index (Phi) is 24.1. The van der Waals surface area contributed by atoms with Crippen LogP contribution in [-0.4, -0.2) is 150 Å². The van der Waals surface area contributed by atoms with Gasteiger partial charge in [-0.1, -0.05) is 84.7 Å². The molecule has 386 valence electrons. The minimum atomic E-state index is -4.12. The van der Waals surface area contributed by atoms with Crippen LogP contribution in [0.15, 0.2) is 53.4 Å². The minimum Gasteiger partial charge on any atom is -0.486 e. The number of carbonyl (C=O) groups excluding carboxylic acids is 3. The number of aliphatic hydroxyl groups excluding tert-OH is 1. The Hall–Kier alpha value is -3.91.